The molecule has 2 fully saturated rings. The van der Waals surface area contributed by atoms with Crippen molar-refractivity contribution in [3.8, 4) is 22.9 Å². The lowest BCUT2D eigenvalue weighted by Gasteiger charge is -2.36. The molecule has 1 saturated carbocycles. The monoisotopic (exact) mass is 447 g/mol. The van der Waals surface area contributed by atoms with Crippen LogP contribution in [-0.2, 0) is 4.79 Å². The Hall–Kier alpha value is -3.38. The zero-order valence-electron chi connectivity index (χ0n) is 18.9. The van der Waals surface area contributed by atoms with Crippen molar-refractivity contribution in [3.05, 3.63) is 36.4 Å². The number of hydrogen-bond donors (Lipinski definition) is 1. The van der Waals surface area contributed by atoms with Gasteiger partial charge in [0.25, 0.3) is 0 Å². The molecule has 1 saturated heterocycles. The number of fused-ring (bicyclic) bond motifs is 1. The quantitative estimate of drug-likeness (QED) is 0.658. The highest BCUT2D eigenvalue weighted by atomic mass is 16.5. The third kappa shape index (κ3) is 4.07. The van der Waals surface area contributed by atoms with Crippen LogP contribution in [0.15, 0.2) is 30.9 Å². The summed E-state index contributed by atoms with van der Waals surface area (Å²) < 4.78 is 9.20. The van der Waals surface area contributed by atoms with Crippen LogP contribution < -0.4 is 10.5 Å². The average molecular weight is 448 g/mol. The van der Waals surface area contributed by atoms with Gasteiger partial charge in [0.2, 0.25) is 5.91 Å². The van der Waals surface area contributed by atoms with Crippen LogP contribution >= 0.6 is 0 Å². The Kier molecular flexibility index (Phi) is 5.77. The molecule has 9 heteroatoms. The van der Waals surface area contributed by atoms with Gasteiger partial charge in [0.1, 0.15) is 22.9 Å². The molecule has 33 heavy (non-hydrogen) atoms. The van der Waals surface area contributed by atoms with Gasteiger partial charge in [-0.25, -0.2) is 4.52 Å². The van der Waals surface area contributed by atoms with Crippen LogP contribution in [0, 0.1) is 17.2 Å². The number of likely N-dealkylation sites (tertiary alicyclic amines) is 1. The molecule has 1 amide bonds. The van der Waals surface area contributed by atoms with E-state index in [9.17, 15) is 10.1 Å². The lowest BCUT2D eigenvalue weighted by atomic mass is 9.85. The average Bonchev–Trinajstić information content (AvgIpc) is 3.50. The smallest absolute Gasteiger partial charge is 0.225 e. The number of carbonyl (C=O) groups is 1. The number of hydrogen-bond acceptors (Lipinski definition) is 6. The van der Waals surface area contributed by atoms with Gasteiger partial charge in [0.15, 0.2) is 0 Å². The SMILES string of the molecule is COc1cc(-c2cnn(C3CCN(C(=O)[C@@H]4CCC[C@H](N)C4)CC3)c2)cn2ncc(C#N)c12. The molecule has 0 aromatic carbocycles. The number of piperidine rings is 1. The number of pyridine rings is 1. The van der Waals surface area contributed by atoms with Crippen molar-refractivity contribution in [1.29, 1.82) is 5.26 Å². The zero-order valence-corrected chi connectivity index (χ0v) is 18.9. The van der Waals surface area contributed by atoms with Crippen molar-refractivity contribution in [2.24, 2.45) is 11.7 Å². The highest BCUT2D eigenvalue weighted by Gasteiger charge is 2.31. The Morgan fingerprint density at radius 1 is 1.15 bits per heavy atom. The largest absolute Gasteiger partial charge is 0.494 e. The van der Waals surface area contributed by atoms with E-state index in [1.54, 1.807) is 17.8 Å². The second-order valence-electron chi connectivity index (χ2n) is 9.15. The summed E-state index contributed by atoms with van der Waals surface area (Å²) in [6.07, 6.45) is 13.0. The Labute approximate surface area is 192 Å². The van der Waals surface area contributed by atoms with Gasteiger partial charge >= 0.3 is 0 Å². The van der Waals surface area contributed by atoms with Crippen LogP contribution in [0.5, 0.6) is 5.75 Å². The van der Waals surface area contributed by atoms with Crippen molar-refractivity contribution >= 4 is 11.4 Å². The number of nitriles is 1. The number of carbonyl (C=O) groups excluding carboxylic acids is 1. The van der Waals surface area contributed by atoms with Crippen LogP contribution in [0.2, 0.25) is 0 Å². The third-order valence-corrected chi connectivity index (χ3v) is 7.07. The number of amides is 1. The standard InChI is InChI=1S/C24H29N7O2/c1-33-22-10-17(14-31-23(22)18(11-25)12-28-31)19-13-27-30(15-19)21-5-7-29(8-6-21)24(32)16-3-2-4-20(26)9-16/h10,12-16,20-21H,2-9,26H2,1H3/t16-,20+/m1/s1. The molecule has 2 atom stereocenters. The molecule has 2 aliphatic rings. The molecule has 4 heterocycles. The molecule has 0 bridgehead atoms. The second kappa shape index (κ2) is 8.87. The van der Waals surface area contributed by atoms with E-state index in [2.05, 4.69) is 16.3 Å². The van der Waals surface area contributed by atoms with Crippen LogP contribution in [0.3, 0.4) is 0 Å². The van der Waals surface area contributed by atoms with E-state index in [4.69, 9.17) is 10.5 Å². The van der Waals surface area contributed by atoms with Crippen LogP contribution in [0.4, 0.5) is 0 Å². The van der Waals surface area contributed by atoms with Gasteiger partial charge in [-0.2, -0.15) is 15.5 Å². The maximum atomic E-state index is 12.9. The molecule has 1 aliphatic carbocycles. The first kappa shape index (κ1) is 21.5. The van der Waals surface area contributed by atoms with Crippen molar-refractivity contribution in [2.45, 2.75) is 50.6 Å². The molecule has 3 aromatic heterocycles. The third-order valence-electron chi connectivity index (χ3n) is 7.07. The molecule has 1 aliphatic heterocycles. The Morgan fingerprint density at radius 2 is 1.97 bits per heavy atom. The minimum absolute atomic E-state index is 0.0929. The Bertz CT molecular complexity index is 1200. The first-order valence-electron chi connectivity index (χ1n) is 11.6. The van der Waals surface area contributed by atoms with Crippen molar-refractivity contribution < 1.29 is 9.53 Å². The van der Waals surface area contributed by atoms with Gasteiger partial charge in [0, 0.05) is 48.6 Å². The highest BCUT2D eigenvalue weighted by molar-refractivity contribution is 5.79. The summed E-state index contributed by atoms with van der Waals surface area (Å²) in [5.74, 6) is 0.972. The molecule has 5 rings (SSSR count). The first-order chi connectivity index (χ1) is 16.1. The fraction of sp³-hybridized carbons (Fsp3) is 0.500. The molecule has 9 nitrogen and oxygen atoms in total. The minimum atomic E-state index is 0.0929. The lowest BCUT2D eigenvalue weighted by molar-refractivity contribution is -0.138. The minimum Gasteiger partial charge on any atom is -0.494 e. The van der Waals surface area contributed by atoms with E-state index < -0.39 is 0 Å². The zero-order chi connectivity index (χ0) is 22.9. The number of methoxy groups -OCH3 is 1. The van der Waals surface area contributed by atoms with Crippen LogP contribution in [0.1, 0.15) is 50.1 Å². The Morgan fingerprint density at radius 3 is 2.70 bits per heavy atom. The molecule has 2 N–H and O–H groups in total. The van der Waals surface area contributed by atoms with Crippen LogP contribution in [-0.4, -0.2) is 56.4 Å². The number of nitrogens with zero attached hydrogens (tertiary/aromatic N) is 6. The predicted octanol–water partition coefficient (Wildman–Crippen LogP) is 2.76. The summed E-state index contributed by atoms with van der Waals surface area (Å²) in [4.78, 5) is 15.0. The van der Waals surface area contributed by atoms with E-state index in [0.717, 1.165) is 62.7 Å². The van der Waals surface area contributed by atoms with Gasteiger partial charge in [-0.3, -0.25) is 9.48 Å². The number of aromatic nitrogens is 4. The van der Waals surface area contributed by atoms with Crippen LogP contribution in [0.25, 0.3) is 16.6 Å². The van der Waals surface area contributed by atoms with Gasteiger partial charge in [-0.05, 0) is 38.2 Å². The maximum absolute atomic E-state index is 12.9. The van der Waals surface area contributed by atoms with Gasteiger partial charge in [-0.1, -0.05) is 6.42 Å². The number of nitrogens with two attached hydrogens (primary N) is 1. The Balaban J connectivity index is 1.28. The topological polar surface area (TPSA) is 114 Å². The van der Waals surface area contributed by atoms with E-state index in [0.29, 0.717) is 16.8 Å². The molecule has 172 valence electrons. The van der Waals surface area contributed by atoms with Gasteiger partial charge < -0.3 is 15.4 Å². The number of rotatable bonds is 4. The summed E-state index contributed by atoms with van der Waals surface area (Å²) in [5.41, 5.74) is 9.10. The van der Waals surface area contributed by atoms with E-state index in [-0.39, 0.29) is 23.9 Å². The maximum Gasteiger partial charge on any atom is 0.225 e. The molecule has 0 spiro atoms. The highest BCUT2D eigenvalue weighted by Crippen LogP contribution is 2.32. The van der Waals surface area contributed by atoms with Crippen molar-refractivity contribution in [2.75, 3.05) is 20.2 Å². The summed E-state index contributed by atoms with van der Waals surface area (Å²) in [6, 6.07) is 4.49. The molecule has 0 radical (unpaired) electrons. The van der Waals surface area contributed by atoms with E-state index in [1.165, 1.54) is 0 Å². The molecule has 3 aromatic rings. The van der Waals surface area contributed by atoms with Crippen molar-refractivity contribution in [3.63, 3.8) is 0 Å². The van der Waals surface area contributed by atoms with Gasteiger partial charge in [-0.15, -0.1) is 0 Å². The normalized spacial score (nSPS) is 21.8. The fourth-order valence-electron chi connectivity index (χ4n) is 5.23. The molecular formula is C24H29N7O2. The van der Waals surface area contributed by atoms with Gasteiger partial charge in [0.05, 0.1) is 25.5 Å². The second-order valence-corrected chi connectivity index (χ2v) is 9.15. The first-order valence-corrected chi connectivity index (χ1v) is 11.6. The summed E-state index contributed by atoms with van der Waals surface area (Å²) in [6.45, 7) is 1.52. The fourth-order valence-corrected chi connectivity index (χ4v) is 5.23. The lowest BCUT2D eigenvalue weighted by Crippen LogP contribution is -2.44. The summed E-state index contributed by atoms with van der Waals surface area (Å²) in [7, 11) is 1.59. The number of ether oxygens (including phenoxy) is 1. The van der Waals surface area contributed by atoms with Crippen molar-refractivity contribution in [1.82, 2.24) is 24.3 Å². The van der Waals surface area contributed by atoms with E-state index in [1.807, 2.05) is 34.2 Å². The summed E-state index contributed by atoms with van der Waals surface area (Å²) in [5, 5.41) is 18.2. The van der Waals surface area contributed by atoms with E-state index >= 15 is 0 Å². The molecule has 0 unspecified atom stereocenters. The predicted molar refractivity (Wildman–Crippen MR) is 122 cm³/mol. The summed E-state index contributed by atoms with van der Waals surface area (Å²) >= 11 is 0. The molecular weight excluding hydrogens is 418 g/mol.